The summed E-state index contributed by atoms with van der Waals surface area (Å²) in [5.41, 5.74) is -8.82. The van der Waals surface area contributed by atoms with Crippen molar-refractivity contribution in [3.05, 3.63) is 24.7 Å². The van der Waals surface area contributed by atoms with E-state index >= 15 is 0 Å². The molecule has 0 saturated carbocycles. The van der Waals surface area contributed by atoms with Gasteiger partial charge in [0.1, 0.15) is 0 Å². The molecule has 0 fully saturated rings. The summed E-state index contributed by atoms with van der Waals surface area (Å²) in [6, 6.07) is 0. The average Bonchev–Trinajstić information content (AvgIpc) is 2.32. The molecule has 0 aliphatic rings. The first-order valence-electron chi connectivity index (χ1n) is 5.98. The van der Waals surface area contributed by atoms with Gasteiger partial charge in [0.25, 0.3) is 0 Å². The number of allylic oxidation sites excluding steroid dienone is 2. The van der Waals surface area contributed by atoms with E-state index in [1.807, 2.05) is 0 Å². The first-order chi connectivity index (χ1) is 10.7. The Morgan fingerprint density at radius 2 is 0.680 bits per heavy atom. The number of alkyl halides is 12. The fraction of sp³-hybridized carbons (Fsp3) is 0.667. The summed E-state index contributed by atoms with van der Waals surface area (Å²) in [4.78, 5) is 0. The number of ether oxygens (including phenoxy) is 1. The molecule has 0 aromatic rings. The first kappa shape index (κ1) is 23.4. The molecule has 0 bridgehead atoms. The molecule has 148 valence electrons. The van der Waals surface area contributed by atoms with Gasteiger partial charge in [0, 0.05) is 0 Å². The Morgan fingerprint density at radius 1 is 0.480 bits per heavy atom. The molecule has 25 heavy (non-hydrogen) atoms. The third-order valence-electron chi connectivity index (χ3n) is 3.32. The Hall–Kier alpha value is -1.56. The maximum atomic E-state index is 12.5. The molecule has 0 amide bonds. The summed E-state index contributed by atoms with van der Waals surface area (Å²) in [5, 5.41) is 0. The van der Waals surface area contributed by atoms with Crippen LogP contribution in [0.4, 0.5) is 52.7 Å². The Labute approximate surface area is 132 Å². The highest BCUT2D eigenvalue weighted by molar-refractivity contribution is 5.07. The highest BCUT2D eigenvalue weighted by Crippen LogP contribution is 2.52. The Balaban J connectivity index is 5.46. The van der Waals surface area contributed by atoms with Crippen LogP contribution in [0.1, 0.15) is 13.8 Å². The predicted octanol–water partition coefficient (Wildman–Crippen LogP) is 6.29. The molecule has 0 radical (unpaired) electrons. The summed E-state index contributed by atoms with van der Waals surface area (Å²) in [5.74, 6) is 0. The largest absolute Gasteiger partial charge is 0.473 e. The number of rotatable bonds is 4. The van der Waals surface area contributed by atoms with Crippen LogP contribution in [0, 0.1) is 10.8 Å². The van der Waals surface area contributed by atoms with Crippen molar-refractivity contribution >= 4 is 0 Å². The van der Waals surface area contributed by atoms with Gasteiger partial charge in [-0.2, -0.15) is 52.7 Å². The molecule has 13 heteroatoms. The maximum Gasteiger partial charge on any atom is 0.406 e. The summed E-state index contributed by atoms with van der Waals surface area (Å²) < 4.78 is 153. The quantitative estimate of drug-likeness (QED) is 0.399. The van der Waals surface area contributed by atoms with Gasteiger partial charge in [0.05, 0.1) is 12.5 Å². The van der Waals surface area contributed by atoms with Gasteiger partial charge in [0.2, 0.25) is 0 Å². The maximum absolute atomic E-state index is 12.5. The van der Waals surface area contributed by atoms with Gasteiger partial charge in [0.15, 0.2) is 10.8 Å². The standard InChI is InChI=1S/C12H10F12O/c1-7(9(13,14)15,10(16,17)18)3-5-25-6-4-8(2,11(19,20)21)12(22,23)24/h3-6H,1-2H3. The van der Waals surface area contributed by atoms with Gasteiger partial charge in [-0.3, -0.25) is 0 Å². The van der Waals surface area contributed by atoms with Crippen LogP contribution in [-0.4, -0.2) is 24.7 Å². The highest BCUT2D eigenvalue weighted by Gasteiger charge is 2.67. The van der Waals surface area contributed by atoms with Crippen LogP contribution in [-0.2, 0) is 4.74 Å². The van der Waals surface area contributed by atoms with Crippen molar-refractivity contribution in [2.45, 2.75) is 38.6 Å². The topological polar surface area (TPSA) is 9.23 Å². The van der Waals surface area contributed by atoms with Crippen molar-refractivity contribution in [2.75, 3.05) is 0 Å². The van der Waals surface area contributed by atoms with Gasteiger partial charge in [-0.25, -0.2) is 0 Å². The van der Waals surface area contributed by atoms with E-state index in [-0.39, 0.29) is 26.4 Å². The smallest absolute Gasteiger partial charge is 0.406 e. The minimum absolute atomic E-state index is 0.286. The van der Waals surface area contributed by atoms with E-state index in [9.17, 15) is 52.7 Å². The summed E-state index contributed by atoms with van der Waals surface area (Å²) in [6.07, 6.45) is -25.1. The lowest BCUT2D eigenvalue weighted by Gasteiger charge is -2.31. The third kappa shape index (κ3) is 4.75. The van der Waals surface area contributed by atoms with Crippen LogP contribution in [0.3, 0.4) is 0 Å². The zero-order chi connectivity index (χ0) is 20.5. The minimum atomic E-state index is -5.83. The van der Waals surface area contributed by atoms with Crippen LogP contribution in [0.2, 0.25) is 0 Å². The van der Waals surface area contributed by atoms with Crippen LogP contribution in [0.15, 0.2) is 24.7 Å². The molecule has 0 spiro atoms. The second-order valence-electron chi connectivity index (χ2n) is 5.14. The average molecular weight is 398 g/mol. The molecule has 1 nitrogen and oxygen atoms in total. The highest BCUT2D eigenvalue weighted by atomic mass is 19.4. The second-order valence-corrected chi connectivity index (χ2v) is 5.14. The number of hydrogen-bond acceptors (Lipinski definition) is 1. The van der Waals surface area contributed by atoms with E-state index in [2.05, 4.69) is 4.74 Å². The third-order valence-corrected chi connectivity index (χ3v) is 3.32. The van der Waals surface area contributed by atoms with Gasteiger partial charge in [-0.05, 0) is 26.0 Å². The fourth-order valence-corrected chi connectivity index (χ4v) is 1.10. The van der Waals surface area contributed by atoms with Crippen molar-refractivity contribution in [3.63, 3.8) is 0 Å². The SMILES string of the molecule is CC(C=COC=CC(C)(C(F)(F)F)C(F)(F)F)(C(F)(F)F)C(F)(F)F. The van der Waals surface area contributed by atoms with Gasteiger partial charge < -0.3 is 4.74 Å². The molecule has 0 rings (SSSR count). The number of hydrogen-bond donors (Lipinski definition) is 0. The summed E-state index contributed by atoms with van der Waals surface area (Å²) in [6.45, 7) is -0.571. The molecule has 0 N–H and O–H groups in total. The molecular formula is C12H10F12O. The lowest BCUT2D eigenvalue weighted by atomic mass is 9.89. The van der Waals surface area contributed by atoms with E-state index in [4.69, 9.17) is 0 Å². The van der Waals surface area contributed by atoms with Crippen molar-refractivity contribution in [1.82, 2.24) is 0 Å². The molecular weight excluding hydrogens is 388 g/mol. The van der Waals surface area contributed by atoms with Crippen LogP contribution in [0.25, 0.3) is 0 Å². The molecule has 0 aliphatic carbocycles. The molecule has 0 aliphatic heterocycles. The van der Waals surface area contributed by atoms with E-state index < -0.39 is 47.7 Å². The van der Waals surface area contributed by atoms with Crippen LogP contribution in [0.5, 0.6) is 0 Å². The Bertz CT molecular complexity index is 428. The zero-order valence-corrected chi connectivity index (χ0v) is 12.3. The molecule has 0 saturated heterocycles. The molecule has 0 aromatic heterocycles. The van der Waals surface area contributed by atoms with Crippen LogP contribution < -0.4 is 0 Å². The Kier molecular flexibility index (Phi) is 6.22. The second kappa shape index (κ2) is 6.63. The summed E-state index contributed by atoms with van der Waals surface area (Å²) in [7, 11) is 0. The lowest BCUT2D eigenvalue weighted by Crippen LogP contribution is -2.46. The fourth-order valence-electron chi connectivity index (χ4n) is 1.10. The van der Waals surface area contributed by atoms with Crippen molar-refractivity contribution in [2.24, 2.45) is 10.8 Å². The van der Waals surface area contributed by atoms with E-state index in [1.54, 1.807) is 0 Å². The van der Waals surface area contributed by atoms with Crippen molar-refractivity contribution in [1.29, 1.82) is 0 Å². The monoisotopic (exact) mass is 398 g/mol. The Morgan fingerprint density at radius 3 is 0.840 bits per heavy atom. The van der Waals surface area contributed by atoms with Gasteiger partial charge in [-0.15, -0.1) is 0 Å². The van der Waals surface area contributed by atoms with E-state index in [1.165, 1.54) is 0 Å². The zero-order valence-electron chi connectivity index (χ0n) is 12.3. The first-order valence-corrected chi connectivity index (χ1v) is 5.98. The minimum Gasteiger partial charge on any atom is -0.473 e. The van der Waals surface area contributed by atoms with Gasteiger partial charge >= 0.3 is 24.7 Å². The molecule has 0 unspecified atom stereocenters. The van der Waals surface area contributed by atoms with Crippen molar-refractivity contribution < 1.29 is 57.4 Å². The lowest BCUT2D eigenvalue weighted by molar-refractivity contribution is -0.315. The molecule has 0 atom stereocenters. The van der Waals surface area contributed by atoms with Crippen LogP contribution >= 0.6 is 0 Å². The van der Waals surface area contributed by atoms with Gasteiger partial charge in [-0.1, -0.05) is 0 Å². The normalized spacial score (nSPS) is 16.1. The summed E-state index contributed by atoms with van der Waals surface area (Å²) >= 11 is 0. The molecule has 0 aromatic carbocycles. The van der Waals surface area contributed by atoms with E-state index in [0.29, 0.717) is 0 Å². The molecule has 0 heterocycles. The number of halogens is 12. The van der Waals surface area contributed by atoms with E-state index in [0.717, 1.165) is 0 Å². The predicted molar refractivity (Wildman–Crippen MR) is 59.8 cm³/mol. The van der Waals surface area contributed by atoms with Crippen molar-refractivity contribution in [3.8, 4) is 0 Å².